The molecule has 0 aromatic rings. The first kappa shape index (κ1) is 12.7. The molecule has 1 unspecified atom stereocenters. The second-order valence-electron chi connectivity index (χ2n) is 6.41. The monoisotopic (exact) mass is 241 g/mol. The fourth-order valence-electron chi connectivity index (χ4n) is 2.72. The fourth-order valence-corrected chi connectivity index (χ4v) is 2.72. The summed E-state index contributed by atoms with van der Waals surface area (Å²) in [4.78, 5) is 13.5. The van der Waals surface area contributed by atoms with Gasteiger partial charge >= 0.3 is 6.09 Å². The predicted octanol–water partition coefficient (Wildman–Crippen LogP) is 2.16. The van der Waals surface area contributed by atoms with Gasteiger partial charge in [0.05, 0.1) is 12.6 Å². The molecule has 1 atom stereocenters. The second kappa shape index (κ2) is 4.16. The van der Waals surface area contributed by atoms with Crippen LogP contribution >= 0.6 is 0 Å². The van der Waals surface area contributed by atoms with Crippen molar-refractivity contribution in [3.8, 4) is 0 Å². The number of nitrogens with zero attached hydrogens (tertiary/aromatic N) is 1. The van der Waals surface area contributed by atoms with Gasteiger partial charge in [0, 0.05) is 6.54 Å². The molecule has 1 aliphatic heterocycles. The topological polar surface area (TPSA) is 49.8 Å². The predicted molar refractivity (Wildman–Crippen MR) is 64.7 cm³/mol. The molecule has 98 valence electrons. The molecule has 1 amide bonds. The van der Waals surface area contributed by atoms with Gasteiger partial charge in [0.25, 0.3) is 0 Å². The molecule has 2 rings (SSSR count). The summed E-state index contributed by atoms with van der Waals surface area (Å²) in [7, 11) is 0. The van der Waals surface area contributed by atoms with Gasteiger partial charge in [0.2, 0.25) is 0 Å². The lowest BCUT2D eigenvalue weighted by Gasteiger charge is -2.51. The van der Waals surface area contributed by atoms with Crippen LogP contribution in [0.5, 0.6) is 0 Å². The minimum atomic E-state index is -0.465. The molecule has 0 aromatic carbocycles. The largest absolute Gasteiger partial charge is 0.444 e. The summed E-state index contributed by atoms with van der Waals surface area (Å²) in [5.74, 6) is 0. The van der Waals surface area contributed by atoms with Crippen molar-refractivity contribution in [2.24, 2.45) is 5.41 Å². The number of aliphatic hydroxyl groups is 1. The zero-order valence-corrected chi connectivity index (χ0v) is 11.0. The summed E-state index contributed by atoms with van der Waals surface area (Å²) < 4.78 is 5.32. The van der Waals surface area contributed by atoms with Gasteiger partial charge in [-0.05, 0) is 45.4 Å². The standard InChI is InChI=1S/C13H23NO3/c1-12(2,3)17-11(16)14-8-7-13(5-4-6-13)10(15)9-14/h10,15H,4-9H2,1-3H3. The second-order valence-corrected chi connectivity index (χ2v) is 6.41. The lowest BCUT2D eigenvalue weighted by Crippen LogP contribution is -2.55. The normalized spacial score (nSPS) is 27.8. The van der Waals surface area contributed by atoms with Crippen molar-refractivity contribution >= 4 is 6.09 Å². The third-order valence-electron chi connectivity index (χ3n) is 3.98. The summed E-state index contributed by atoms with van der Waals surface area (Å²) in [5.41, 5.74) is -0.355. The number of piperidine rings is 1. The zero-order valence-electron chi connectivity index (χ0n) is 11.0. The quantitative estimate of drug-likeness (QED) is 0.707. The fraction of sp³-hybridized carbons (Fsp3) is 0.923. The van der Waals surface area contributed by atoms with E-state index < -0.39 is 5.60 Å². The maximum atomic E-state index is 11.9. The summed E-state index contributed by atoms with van der Waals surface area (Å²) in [6, 6.07) is 0. The number of β-amino-alcohol motifs (C(OH)–C–C–N with tert-alkyl or cyclic N) is 1. The van der Waals surface area contributed by atoms with Crippen LogP contribution in [0.15, 0.2) is 0 Å². The summed E-state index contributed by atoms with van der Waals surface area (Å²) >= 11 is 0. The maximum Gasteiger partial charge on any atom is 0.410 e. The van der Waals surface area contributed by atoms with Gasteiger partial charge in [0.15, 0.2) is 0 Å². The van der Waals surface area contributed by atoms with Gasteiger partial charge in [-0.2, -0.15) is 0 Å². The van der Waals surface area contributed by atoms with Crippen molar-refractivity contribution in [3.63, 3.8) is 0 Å². The minimum absolute atomic E-state index is 0.110. The Morgan fingerprint density at radius 2 is 2.00 bits per heavy atom. The van der Waals surface area contributed by atoms with Gasteiger partial charge in [-0.1, -0.05) is 6.42 Å². The van der Waals surface area contributed by atoms with Crippen LogP contribution in [0.3, 0.4) is 0 Å². The number of carbonyl (C=O) groups is 1. The number of likely N-dealkylation sites (tertiary alicyclic amines) is 1. The van der Waals surface area contributed by atoms with Gasteiger partial charge in [0.1, 0.15) is 5.60 Å². The van der Waals surface area contributed by atoms with Gasteiger partial charge in [-0.15, -0.1) is 0 Å². The molecular weight excluding hydrogens is 218 g/mol. The summed E-state index contributed by atoms with van der Waals surface area (Å²) in [6.07, 6.45) is 3.66. The van der Waals surface area contributed by atoms with Crippen molar-refractivity contribution in [1.29, 1.82) is 0 Å². The molecule has 1 spiro atoms. The highest BCUT2D eigenvalue weighted by molar-refractivity contribution is 5.68. The number of hydrogen-bond acceptors (Lipinski definition) is 3. The van der Waals surface area contributed by atoms with E-state index in [-0.39, 0.29) is 17.6 Å². The summed E-state index contributed by atoms with van der Waals surface area (Å²) in [5, 5.41) is 10.1. The Hall–Kier alpha value is -0.770. The average molecular weight is 241 g/mol. The van der Waals surface area contributed by atoms with Crippen molar-refractivity contribution in [2.45, 2.75) is 58.2 Å². The number of ether oxygens (including phenoxy) is 1. The SMILES string of the molecule is CC(C)(C)OC(=O)N1CCC2(CCC2)C(O)C1. The molecule has 1 saturated carbocycles. The van der Waals surface area contributed by atoms with Crippen molar-refractivity contribution < 1.29 is 14.6 Å². The number of amides is 1. The molecule has 1 saturated heterocycles. The van der Waals surface area contributed by atoms with E-state index in [1.165, 1.54) is 6.42 Å². The molecule has 1 N–H and O–H groups in total. The molecule has 2 fully saturated rings. The molecule has 0 aromatic heterocycles. The number of carbonyl (C=O) groups excluding carboxylic acids is 1. The third-order valence-corrected chi connectivity index (χ3v) is 3.98. The first-order valence-corrected chi connectivity index (χ1v) is 6.48. The molecule has 0 bridgehead atoms. The Morgan fingerprint density at radius 3 is 2.41 bits per heavy atom. The van der Waals surface area contributed by atoms with Crippen LogP contribution in [0.1, 0.15) is 46.5 Å². The Morgan fingerprint density at radius 1 is 1.35 bits per heavy atom. The number of hydrogen-bond donors (Lipinski definition) is 1. The van der Waals surface area contributed by atoms with E-state index in [0.29, 0.717) is 13.1 Å². The highest BCUT2D eigenvalue weighted by Crippen LogP contribution is 2.49. The molecule has 4 nitrogen and oxygen atoms in total. The van der Waals surface area contributed by atoms with E-state index in [1.54, 1.807) is 4.90 Å². The lowest BCUT2D eigenvalue weighted by atomic mass is 9.61. The average Bonchev–Trinajstić information content (AvgIpc) is 2.12. The van der Waals surface area contributed by atoms with E-state index in [4.69, 9.17) is 4.74 Å². The third kappa shape index (κ3) is 2.57. The van der Waals surface area contributed by atoms with Crippen LogP contribution in [0, 0.1) is 5.41 Å². The Kier molecular flexibility index (Phi) is 3.10. The van der Waals surface area contributed by atoms with Crippen molar-refractivity contribution in [1.82, 2.24) is 4.90 Å². The minimum Gasteiger partial charge on any atom is -0.444 e. The van der Waals surface area contributed by atoms with Crippen LogP contribution in [-0.2, 0) is 4.74 Å². The zero-order chi connectivity index (χ0) is 12.7. The molecule has 4 heteroatoms. The van der Waals surface area contributed by atoms with Gasteiger partial charge < -0.3 is 14.7 Å². The van der Waals surface area contributed by atoms with E-state index in [2.05, 4.69) is 0 Å². The van der Waals surface area contributed by atoms with Crippen LogP contribution < -0.4 is 0 Å². The summed E-state index contributed by atoms with van der Waals surface area (Å²) in [6.45, 7) is 6.72. The Bertz CT molecular complexity index is 304. The highest BCUT2D eigenvalue weighted by Gasteiger charge is 2.47. The van der Waals surface area contributed by atoms with Gasteiger partial charge in [-0.3, -0.25) is 0 Å². The Labute approximate surface area is 103 Å². The van der Waals surface area contributed by atoms with E-state index in [0.717, 1.165) is 19.3 Å². The molecule has 2 aliphatic rings. The maximum absolute atomic E-state index is 11.9. The molecule has 1 heterocycles. The molecule has 17 heavy (non-hydrogen) atoms. The van der Waals surface area contributed by atoms with Crippen LogP contribution in [0.2, 0.25) is 0 Å². The van der Waals surface area contributed by atoms with Crippen LogP contribution in [-0.4, -0.2) is 40.9 Å². The van der Waals surface area contributed by atoms with E-state index in [1.807, 2.05) is 20.8 Å². The van der Waals surface area contributed by atoms with Crippen LogP contribution in [0.4, 0.5) is 4.79 Å². The van der Waals surface area contributed by atoms with Crippen molar-refractivity contribution in [2.75, 3.05) is 13.1 Å². The first-order chi connectivity index (χ1) is 7.82. The van der Waals surface area contributed by atoms with E-state index >= 15 is 0 Å². The highest BCUT2D eigenvalue weighted by atomic mass is 16.6. The van der Waals surface area contributed by atoms with Gasteiger partial charge in [-0.25, -0.2) is 4.79 Å². The molecular formula is C13H23NO3. The molecule has 0 radical (unpaired) electrons. The van der Waals surface area contributed by atoms with E-state index in [9.17, 15) is 9.90 Å². The smallest absolute Gasteiger partial charge is 0.410 e. The number of rotatable bonds is 0. The molecule has 1 aliphatic carbocycles. The Balaban J connectivity index is 1.91. The lowest BCUT2D eigenvalue weighted by molar-refractivity contribution is -0.0909. The first-order valence-electron chi connectivity index (χ1n) is 6.48. The van der Waals surface area contributed by atoms with Crippen molar-refractivity contribution in [3.05, 3.63) is 0 Å². The van der Waals surface area contributed by atoms with Crippen LogP contribution in [0.25, 0.3) is 0 Å². The number of aliphatic hydroxyl groups excluding tert-OH is 1.